The molecule has 0 aromatic carbocycles. The zero-order valence-electron chi connectivity index (χ0n) is 6.82. The molecule has 0 N–H and O–H groups in total. The first-order valence-electron chi connectivity index (χ1n) is 3.73. The second kappa shape index (κ2) is 4.97. The molecular formula is H9B8I. The summed E-state index contributed by atoms with van der Waals surface area (Å²) in [5.74, 6) is 0. The molecule has 0 fully saturated rings. The Morgan fingerprint density at radius 2 is 1.67 bits per heavy atom. The van der Waals surface area contributed by atoms with Crippen LogP contribution in [0.25, 0.3) is 0 Å². The van der Waals surface area contributed by atoms with E-state index in [1.54, 1.807) is 0 Å². The summed E-state index contributed by atoms with van der Waals surface area (Å²) in [4.78, 5) is 0. The van der Waals surface area contributed by atoms with Gasteiger partial charge in [0.05, 0.1) is 30.9 Å². The smallest absolute Gasteiger partial charge is 0.123 e. The van der Waals surface area contributed by atoms with E-state index >= 15 is 0 Å². The molecule has 0 saturated heterocycles. The molecule has 0 bridgehead atoms. The van der Waals surface area contributed by atoms with Gasteiger partial charge in [-0.3, -0.25) is 0 Å². The van der Waals surface area contributed by atoms with E-state index in [0.29, 0.717) is 0 Å². The molecule has 0 spiro atoms. The number of hydrogen-bond acceptors (Lipinski definition) is 0. The largest absolute Gasteiger partial charge is 0.173 e. The Kier molecular flexibility index (Phi) is 5.66. The quantitative estimate of drug-likeness (QED) is 0.333. The van der Waals surface area contributed by atoms with E-state index in [0.717, 1.165) is 17.1 Å². The maximum atomic E-state index is 2.56. The predicted molar refractivity (Wildman–Crippen MR) is 72.6 cm³/mol. The van der Waals surface area contributed by atoms with Crippen LogP contribution in [0.1, 0.15) is 0 Å². The van der Waals surface area contributed by atoms with Crippen molar-refractivity contribution in [3.63, 3.8) is 0 Å². The standard InChI is InChI=1S/B8H9I/c1-5-7(4)8(9)6(2)3/h5H,1-4H2. The highest BCUT2D eigenvalue weighted by atomic mass is 127. The van der Waals surface area contributed by atoms with Crippen molar-refractivity contribution < 1.29 is 0 Å². The third kappa shape index (κ3) is 3.84. The highest BCUT2D eigenvalue weighted by molar-refractivity contribution is 14.1. The minimum absolute atomic E-state index is 0.834. The fraction of sp³-hybridized carbons (Fsp3) is 0. The molecule has 0 atom stereocenters. The third-order valence-corrected chi connectivity index (χ3v) is 4.49. The van der Waals surface area contributed by atoms with Crippen LogP contribution in [0.5, 0.6) is 0 Å². The number of halogens is 1. The molecule has 0 heterocycles. The predicted octanol–water partition coefficient (Wildman–Crippen LogP) is -4.57. The average molecular weight is 222 g/mol. The van der Waals surface area contributed by atoms with Crippen molar-refractivity contribution in [2.45, 2.75) is 0 Å². The Labute approximate surface area is 77.3 Å². The average Bonchev–Trinajstić information content (AvgIpc) is 1.84. The zero-order valence-corrected chi connectivity index (χ0v) is 8.97. The van der Waals surface area contributed by atoms with E-state index in [1.165, 1.54) is 7.06 Å². The molecule has 0 aliphatic carbocycles. The van der Waals surface area contributed by atoms with E-state index in [1.807, 2.05) is 0 Å². The minimum Gasteiger partial charge on any atom is -0.173 e. The molecule has 0 amide bonds. The van der Waals surface area contributed by atoms with Crippen LogP contribution in [0.4, 0.5) is 0 Å². The van der Waals surface area contributed by atoms with Crippen LogP contribution in [0.2, 0.25) is 0 Å². The van der Waals surface area contributed by atoms with Crippen molar-refractivity contribution >= 4 is 77.5 Å². The minimum atomic E-state index is 0.834. The second-order valence-corrected chi connectivity index (χ2v) is 4.51. The van der Waals surface area contributed by atoms with Gasteiger partial charge in [0.15, 0.2) is 0 Å². The van der Waals surface area contributed by atoms with E-state index in [2.05, 4.69) is 53.3 Å². The Bertz CT molecular complexity index is 69.0. The van der Waals surface area contributed by atoms with E-state index in [9.17, 15) is 0 Å². The molecule has 40 valence electrons. The normalized spacial score (nSPS) is 8.11. The maximum Gasteiger partial charge on any atom is 0.123 e. The molecule has 0 aromatic heterocycles. The topological polar surface area (TPSA) is 0 Å². The first kappa shape index (κ1) is 10.2. The van der Waals surface area contributed by atoms with Gasteiger partial charge in [-0.2, -0.15) is 22.4 Å². The Morgan fingerprint density at radius 3 is 1.78 bits per heavy atom. The molecule has 0 unspecified atom stereocenters. The van der Waals surface area contributed by atoms with Crippen LogP contribution in [0.15, 0.2) is 0 Å². The Hall–Kier alpha value is 1.25. The zero-order chi connectivity index (χ0) is 7.44. The van der Waals surface area contributed by atoms with Crippen molar-refractivity contribution in [1.29, 1.82) is 0 Å². The van der Waals surface area contributed by atoms with Gasteiger partial charge in [-0.1, -0.05) is 0 Å². The van der Waals surface area contributed by atoms with Crippen LogP contribution in [-0.4, -0.2) is 55.1 Å². The Balaban J connectivity index is 3.58. The van der Waals surface area contributed by atoms with Crippen molar-refractivity contribution in [2.75, 3.05) is 0 Å². The molecular weight excluding hydrogens is 213 g/mol. The molecule has 0 radical (unpaired) electrons. The summed E-state index contributed by atoms with van der Waals surface area (Å²) in [7, 11) is 10.5. The lowest BCUT2D eigenvalue weighted by Crippen LogP contribution is -2.50. The Morgan fingerprint density at radius 1 is 1.22 bits per heavy atom. The monoisotopic (exact) mass is 224 g/mol. The lowest BCUT2D eigenvalue weighted by molar-refractivity contribution is 3.69. The summed E-state index contributed by atoms with van der Waals surface area (Å²) < 4.78 is 0.854. The van der Waals surface area contributed by atoms with Crippen LogP contribution in [0.3, 0.4) is 0 Å². The molecule has 0 nitrogen and oxygen atoms in total. The summed E-state index contributed by atoms with van der Waals surface area (Å²) in [5, 5.41) is 0. The lowest BCUT2D eigenvalue weighted by atomic mass is 8.77. The highest BCUT2D eigenvalue weighted by Gasteiger charge is 2.22. The van der Waals surface area contributed by atoms with Crippen molar-refractivity contribution in [1.82, 2.24) is 0 Å². The number of rotatable bonds is 3. The highest BCUT2D eigenvalue weighted by Crippen LogP contribution is 1.96. The molecule has 0 rings (SSSR count). The van der Waals surface area contributed by atoms with E-state index in [-0.39, 0.29) is 0 Å². The fourth-order valence-corrected chi connectivity index (χ4v) is 1.39. The van der Waals surface area contributed by atoms with Gasteiger partial charge in [0, 0.05) is 19.8 Å². The third-order valence-electron chi connectivity index (χ3n) is 1.82. The van der Waals surface area contributed by atoms with Gasteiger partial charge in [0.25, 0.3) is 0 Å². The van der Waals surface area contributed by atoms with E-state index < -0.39 is 0 Å². The van der Waals surface area contributed by atoms with Gasteiger partial charge < -0.3 is 0 Å². The van der Waals surface area contributed by atoms with Gasteiger partial charge in [0.1, 0.15) is 4.35 Å². The van der Waals surface area contributed by atoms with Gasteiger partial charge in [-0.15, -0.1) is 0 Å². The molecule has 0 aromatic rings. The summed E-state index contributed by atoms with van der Waals surface area (Å²) in [5.41, 5.74) is 0. The van der Waals surface area contributed by atoms with Crippen molar-refractivity contribution in [3.8, 4) is 0 Å². The second-order valence-electron chi connectivity index (χ2n) is 3.07. The van der Waals surface area contributed by atoms with E-state index in [4.69, 9.17) is 0 Å². The number of hydrogen-bond donors (Lipinski definition) is 0. The fourth-order valence-electron chi connectivity index (χ4n) is 0.882. The molecule has 0 saturated carbocycles. The lowest BCUT2D eigenvalue weighted by Gasteiger charge is -2.11. The van der Waals surface area contributed by atoms with Gasteiger partial charge in [-0.25, -0.2) is 0 Å². The van der Waals surface area contributed by atoms with Crippen LogP contribution in [-0.2, 0) is 0 Å². The van der Waals surface area contributed by atoms with Gasteiger partial charge in [-0.05, 0) is 0 Å². The van der Waals surface area contributed by atoms with Crippen LogP contribution >= 0.6 is 22.4 Å². The summed E-state index contributed by atoms with van der Waals surface area (Å²) in [6.07, 6.45) is 1.71. The maximum absolute atomic E-state index is 2.56. The van der Waals surface area contributed by atoms with Crippen molar-refractivity contribution in [3.05, 3.63) is 0 Å². The SMILES string of the molecule is BBB(B)B(I)B(B)B. The summed E-state index contributed by atoms with van der Waals surface area (Å²) >= 11 is 2.56. The van der Waals surface area contributed by atoms with Gasteiger partial charge >= 0.3 is 0 Å². The molecule has 9 heavy (non-hydrogen) atoms. The first-order chi connectivity index (χ1) is 4.09. The first-order valence-corrected chi connectivity index (χ1v) is 4.98. The molecule has 0 aliphatic heterocycles. The summed E-state index contributed by atoms with van der Waals surface area (Å²) in [6, 6.07) is 0. The van der Waals surface area contributed by atoms with Crippen LogP contribution < -0.4 is 0 Å². The molecule has 0 aliphatic rings. The van der Waals surface area contributed by atoms with Crippen LogP contribution in [0, 0.1) is 0 Å². The van der Waals surface area contributed by atoms with Gasteiger partial charge in [0.2, 0.25) is 0 Å². The van der Waals surface area contributed by atoms with Crippen molar-refractivity contribution in [2.24, 2.45) is 0 Å². The summed E-state index contributed by atoms with van der Waals surface area (Å²) in [6.45, 7) is 0. The molecule has 9 heteroatoms.